The van der Waals surface area contributed by atoms with E-state index in [1.807, 2.05) is 6.20 Å². The molecule has 4 aliphatic heterocycles. The Labute approximate surface area is 250 Å². The smallest absolute Gasteiger partial charge is 0.256 e. The van der Waals surface area contributed by atoms with Crippen molar-refractivity contribution in [3.8, 4) is 0 Å². The first-order valence-electron chi connectivity index (χ1n) is 17.2. The van der Waals surface area contributed by atoms with Crippen LogP contribution in [-0.4, -0.2) is 108 Å². The van der Waals surface area contributed by atoms with Gasteiger partial charge in [0.15, 0.2) is 5.78 Å². The van der Waals surface area contributed by atoms with Crippen molar-refractivity contribution in [3.05, 3.63) is 11.8 Å². The van der Waals surface area contributed by atoms with Crippen molar-refractivity contribution in [1.82, 2.24) is 20.0 Å². The zero-order chi connectivity index (χ0) is 29.0. The van der Waals surface area contributed by atoms with Crippen molar-refractivity contribution in [2.24, 2.45) is 23.5 Å². The minimum Gasteiger partial charge on any atom is -0.369 e. The maximum Gasteiger partial charge on any atom is 0.256 e. The normalized spacial score (nSPS) is 44.2. The lowest BCUT2D eigenvalue weighted by atomic mass is 9.64. The number of Topliss-reactive ketones (excluding diaryl/α,β-unsaturated/α-hetero) is 1. The van der Waals surface area contributed by atoms with Crippen LogP contribution in [0.2, 0.25) is 0 Å². The lowest BCUT2D eigenvalue weighted by Gasteiger charge is -2.61. The molecule has 1 amide bonds. The van der Waals surface area contributed by atoms with E-state index in [9.17, 15) is 9.59 Å². The maximum absolute atomic E-state index is 16.2. The number of hydrogen-bond donors (Lipinski definition) is 2. The molecule has 3 aliphatic carbocycles. The van der Waals surface area contributed by atoms with Crippen molar-refractivity contribution >= 4 is 11.7 Å². The van der Waals surface area contributed by atoms with Gasteiger partial charge in [-0.3, -0.25) is 14.5 Å². The Morgan fingerprint density at radius 2 is 1.83 bits per heavy atom. The van der Waals surface area contributed by atoms with Crippen molar-refractivity contribution in [3.63, 3.8) is 0 Å². The second kappa shape index (κ2) is 12.1. The number of carbonyl (C=O) groups is 2. The summed E-state index contributed by atoms with van der Waals surface area (Å²) in [6.45, 7) is 6.37. The Kier molecular flexibility index (Phi) is 8.40. The van der Waals surface area contributed by atoms with Gasteiger partial charge in [0.25, 0.3) is 5.91 Å². The molecule has 0 radical (unpaired) electrons. The van der Waals surface area contributed by atoms with Gasteiger partial charge in [0, 0.05) is 50.4 Å². The van der Waals surface area contributed by atoms with E-state index >= 15 is 4.39 Å². The number of ether oxygens (including phenoxy) is 1. The molecule has 6 fully saturated rings. The highest BCUT2D eigenvalue weighted by Crippen LogP contribution is 2.51. The minimum absolute atomic E-state index is 0.00984. The number of alkyl halides is 1. The summed E-state index contributed by atoms with van der Waals surface area (Å²) in [4.78, 5) is 34.5. The molecule has 11 atom stereocenters. The van der Waals surface area contributed by atoms with Gasteiger partial charge in [-0.25, -0.2) is 4.39 Å². The quantitative estimate of drug-likeness (QED) is 0.366. The number of fused-ring (bicyclic) bond motifs is 3. The Hall–Kier alpha value is -1.55. The number of likely N-dealkylation sites (tertiary alicyclic amines) is 2. The molecule has 3 saturated carbocycles. The summed E-state index contributed by atoms with van der Waals surface area (Å²) in [6.07, 6.45) is 13.1. The van der Waals surface area contributed by atoms with E-state index in [1.165, 1.54) is 44.9 Å². The van der Waals surface area contributed by atoms with Gasteiger partial charge in [-0.2, -0.15) is 0 Å². The number of nitrogens with two attached hydrogens (primary N) is 1. The van der Waals surface area contributed by atoms with E-state index in [4.69, 9.17) is 10.5 Å². The molecule has 8 nitrogen and oxygen atoms in total. The summed E-state index contributed by atoms with van der Waals surface area (Å²) in [5.74, 6) is 0.290. The summed E-state index contributed by atoms with van der Waals surface area (Å²) >= 11 is 0. The summed E-state index contributed by atoms with van der Waals surface area (Å²) in [6, 6.07) is 0.185. The van der Waals surface area contributed by atoms with Gasteiger partial charge in [0.2, 0.25) is 0 Å². The number of nitrogens with one attached hydrogen (secondary N) is 1. The molecule has 234 valence electrons. The van der Waals surface area contributed by atoms with E-state index in [2.05, 4.69) is 26.9 Å². The first kappa shape index (κ1) is 29.2. The summed E-state index contributed by atoms with van der Waals surface area (Å²) in [5, 5.41) is 3.06. The van der Waals surface area contributed by atoms with Crippen LogP contribution in [0.5, 0.6) is 0 Å². The standard InChI is InChI=1S/C33H52FN5O3/c1-20-7-4-5-12-37(20)13-6-11-36-33(41)25-19-39-27-15-21-8-2-3-9-22(21)16-28(27)42-32-29(39)24(31(25)40)17-26(34)30(32)38-14-10-23(35)18-38/h19-24,26-30,32H,2-18,35H2,1H3,(H,36,41). The molecule has 4 heterocycles. The van der Waals surface area contributed by atoms with E-state index in [-0.39, 0.29) is 60.1 Å². The SMILES string of the molecule is CC1CCCCN1CCCNC(=O)C1=CN2C3CC4CCCCC4CC3OC3C(N4CCC(N)C4)C(F)CC(C1=O)C32. The molecule has 7 aliphatic rings. The van der Waals surface area contributed by atoms with Gasteiger partial charge in [0.1, 0.15) is 6.17 Å². The average Bonchev–Trinajstić information content (AvgIpc) is 3.41. The molecule has 0 aromatic carbocycles. The topological polar surface area (TPSA) is 91.1 Å². The van der Waals surface area contributed by atoms with Gasteiger partial charge in [-0.15, -0.1) is 0 Å². The molecule has 3 saturated heterocycles. The number of ketones is 1. The van der Waals surface area contributed by atoms with Crippen molar-refractivity contribution in [2.75, 3.05) is 32.7 Å². The highest BCUT2D eigenvalue weighted by Gasteiger charge is 2.60. The lowest BCUT2D eigenvalue weighted by Crippen LogP contribution is -2.73. The molecule has 0 bridgehead atoms. The number of morpholine rings is 1. The lowest BCUT2D eigenvalue weighted by molar-refractivity contribution is -0.219. The number of halogens is 1. The molecule has 9 heteroatoms. The van der Waals surface area contributed by atoms with Crippen LogP contribution < -0.4 is 11.1 Å². The second-order valence-electron chi connectivity index (χ2n) is 14.7. The Bertz CT molecular complexity index is 1060. The molecular formula is C33H52FN5O3. The highest BCUT2D eigenvalue weighted by molar-refractivity contribution is 6.20. The van der Waals surface area contributed by atoms with Crippen LogP contribution in [0.25, 0.3) is 0 Å². The average molecular weight is 586 g/mol. The minimum atomic E-state index is -1.18. The van der Waals surface area contributed by atoms with Gasteiger partial charge in [0.05, 0.1) is 35.9 Å². The molecule has 0 spiro atoms. The van der Waals surface area contributed by atoms with Crippen molar-refractivity contribution in [1.29, 1.82) is 0 Å². The molecule has 0 aromatic heterocycles. The number of carbonyl (C=O) groups excluding carboxylic acids is 2. The van der Waals surface area contributed by atoms with Crippen LogP contribution in [0.3, 0.4) is 0 Å². The largest absolute Gasteiger partial charge is 0.369 e. The van der Waals surface area contributed by atoms with E-state index < -0.39 is 12.1 Å². The predicted octanol–water partition coefficient (Wildman–Crippen LogP) is 3.00. The van der Waals surface area contributed by atoms with E-state index in [0.717, 1.165) is 45.3 Å². The fourth-order valence-electron chi connectivity index (χ4n) is 10.0. The number of hydrogen-bond acceptors (Lipinski definition) is 7. The Morgan fingerprint density at radius 1 is 1.05 bits per heavy atom. The van der Waals surface area contributed by atoms with Gasteiger partial charge in [-0.05, 0) is 70.3 Å². The van der Waals surface area contributed by atoms with E-state index in [1.54, 1.807) is 0 Å². The number of nitrogens with zero attached hydrogens (tertiary/aromatic N) is 3. The van der Waals surface area contributed by atoms with Gasteiger partial charge >= 0.3 is 0 Å². The third kappa shape index (κ3) is 5.34. The summed E-state index contributed by atoms with van der Waals surface area (Å²) in [5.41, 5.74) is 6.49. The predicted molar refractivity (Wildman–Crippen MR) is 159 cm³/mol. The molecule has 7 rings (SSSR count). The summed E-state index contributed by atoms with van der Waals surface area (Å²) in [7, 11) is 0. The van der Waals surface area contributed by atoms with Gasteiger partial charge < -0.3 is 25.6 Å². The van der Waals surface area contributed by atoms with Crippen LogP contribution in [0.1, 0.15) is 84.0 Å². The molecule has 11 unspecified atom stereocenters. The van der Waals surface area contributed by atoms with Crippen LogP contribution in [0, 0.1) is 17.8 Å². The first-order chi connectivity index (χ1) is 20.4. The monoisotopic (exact) mass is 585 g/mol. The van der Waals surface area contributed by atoms with Crippen molar-refractivity contribution in [2.45, 2.75) is 133 Å². The zero-order valence-electron chi connectivity index (χ0n) is 25.5. The van der Waals surface area contributed by atoms with Crippen LogP contribution in [0.15, 0.2) is 11.8 Å². The third-order valence-electron chi connectivity index (χ3n) is 12.2. The van der Waals surface area contributed by atoms with Gasteiger partial charge in [-0.1, -0.05) is 32.1 Å². The van der Waals surface area contributed by atoms with Crippen LogP contribution in [0.4, 0.5) is 4.39 Å². The first-order valence-corrected chi connectivity index (χ1v) is 17.2. The molecule has 0 aromatic rings. The number of piperidine rings is 1. The van der Waals surface area contributed by atoms with Crippen molar-refractivity contribution < 1.29 is 18.7 Å². The second-order valence-corrected chi connectivity index (χ2v) is 14.7. The number of amides is 1. The van der Waals surface area contributed by atoms with Crippen LogP contribution >= 0.6 is 0 Å². The van der Waals surface area contributed by atoms with Crippen LogP contribution in [-0.2, 0) is 14.3 Å². The Balaban J connectivity index is 1.12. The molecular weight excluding hydrogens is 533 g/mol. The fraction of sp³-hybridized carbons (Fsp3) is 0.879. The fourth-order valence-corrected chi connectivity index (χ4v) is 10.0. The maximum atomic E-state index is 16.2. The Morgan fingerprint density at radius 3 is 2.60 bits per heavy atom. The highest BCUT2D eigenvalue weighted by atomic mass is 19.1. The molecule has 42 heavy (non-hydrogen) atoms. The van der Waals surface area contributed by atoms with E-state index in [0.29, 0.717) is 31.0 Å². The number of rotatable bonds is 6. The summed E-state index contributed by atoms with van der Waals surface area (Å²) < 4.78 is 23.1. The zero-order valence-corrected chi connectivity index (χ0v) is 25.5. The molecule has 3 N–H and O–H groups in total. The third-order valence-corrected chi connectivity index (χ3v) is 12.2.